The van der Waals surface area contributed by atoms with E-state index in [-0.39, 0.29) is 6.07 Å². The van der Waals surface area contributed by atoms with Crippen molar-refractivity contribution in [2.75, 3.05) is 0 Å². The van der Waals surface area contributed by atoms with Gasteiger partial charge in [0.25, 0.3) is 5.91 Å². The van der Waals surface area contributed by atoms with Crippen LogP contribution in [0.25, 0.3) is 0 Å². The predicted molar refractivity (Wildman–Crippen MR) is 55.5 cm³/mol. The molecule has 0 spiro atoms. The van der Waals surface area contributed by atoms with Crippen molar-refractivity contribution in [1.82, 2.24) is 5.32 Å². The van der Waals surface area contributed by atoms with Crippen molar-refractivity contribution in [1.29, 1.82) is 0 Å². The molecule has 2 N–H and O–H groups in total. The van der Waals surface area contributed by atoms with Crippen LogP contribution in [-0.4, -0.2) is 23.0 Å². The first-order valence-corrected chi connectivity index (χ1v) is 5.09. The molecule has 1 amide bonds. The molecule has 8 heteroatoms. The van der Waals surface area contributed by atoms with Gasteiger partial charge in [-0.15, -0.1) is 0 Å². The smallest absolute Gasteiger partial charge is 0.305 e. The van der Waals surface area contributed by atoms with Crippen molar-refractivity contribution in [3.05, 3.63) is 34.9 Å². The maximum absolute atomic E-state index is 13.2. The lowest BCUT2D eigenvalue weighted by Crippen LogP contribution is -2.35. The van der Waals surface area contributed by atoms with Crippen LogP contribution in [0.3, 0.4) is 0 Å². The van der Waals surface area contributed by atoms with Crippen LogP contribution in [0.1, 0.15) is 23.7 Å². The molecular weight excluding hydrogens is 270 g/mol. The SMILES string of the molecule is CC(CC(=O)O)NC(=O)c1cc(F)c(F)c(F)c1F. The van der Waals surface area contributed by atoms with Crippen LogP contribution >= 0.6 is 0 Å². The Hall–Kier alpha value is -2.12. The Balaban J connectivity index is 2.98. The van der Waals surface area contributed by atoms with Gasteiger partial charge in [-0.3, -0.25) is 9.59 Å². The van der Waals surface area contributed by atoms with Gasteiger partial charge in [0.1, 0.15) is 0 Å². The molecular formula is C11H9F4NO3. The van der Waals surface area contributed by atoms with E-state index in [9.17, 15) is 27.2 Å². The Morgan fingerprint density at radius 1 is 1.21 bits per heavy atom. The molecule has 0 saturated heterocycles. The highest BCUT2D eigenvalue weighted by Crippen LogP contribution is 2.18. The summed E-state index contributed by atoms with van der Waals surface area (Å²) < 4.78 is 51.7. The fourth-order valence-corrected chi connectivity index (χ4v) is 1.35. The molecule has 0 aliphatic carbocycles. The molecule has 1 rings (SSSR count). The topological polar surface area (TPSA) is 66.4 Å². The van der Waals surface area contributed by atoms with Gasteiger partial charge in [-0.1, -0.05) is 0 Å². The van der Waals surface area contributed by atoms with E-state index in [0.29, 0.717) is 0 Å². The third-order valence-electron chi connectivity index (χ3n) is 2.21. The zero-order valence-corrected chi connectivity index (χ0v) is 9.64. The first-order chi connectivity index (χ1) is 8.73. The third kappa shape index (κ3) is 3.43. The van der Waals surface area contributed by atoms with E-state index in [1.165, 1.54) is 6.92 Å². The fourth-order valence-electron chi connectivity index (χ4n) is 1.35. The van der Waals surface area contributed by atoms with Crippen molar-refractivity contribution in [2.45, 2.75) is 19.4 Å². The number of aliphatic carboxylic acids is 1. The average Bonchev–Trinajstić information content (AvgIpc) is 2.29. The number of nitrogens with one attached hydrogen (secondary N) is 1. The Morgan fingerprint density at radius 2 is 1.79 bits per heavy atom. The molecule has 0 bridgehead atoms. The first-order valence-electron chi connectivity index (χ1n) is 5.09. The number of carbonyl (C=O) groups excluding carboxylic acids is 1. The van der Waals surface area contributed by atoms with Gasteiger partial charge in [0, 0.05) is 6.04 Å². The second-order valence-electron chi connectivity index (χ2n) is 3.82. The molecule has 0 aliphatic heterocycles. The predicted octanol–water partition coefficient (Wildman–Crippen LogP) is 1.84. The number of carbonyl (C=O) groups is 2. The van der Waals surface area contributed by atoms with E-state index in [4.69, 9.17) is 5.11 Å². The number of amides is 1. The van der Waals surface area contributed by atoms with Gasteiger partial charge in [0.2, 0.25) is 0 Å². The summed E-state index contributed by atoms with van der Waals surface area (Å²) in [6.45, 7) is 1.31. The molecule has 0 aliphatic rings. The zero-order valence-electron chi connectivity index (χ0n) is 9.64. The summed E-state index contributed by atoms with van der Waals surface area (Å²) in [5, 5.41) is 10.5. The van der Waals surface area contributed by atoms with Gasteiger partial charge in [0.05, 0.1) is 12.0 Å². The average molecular weight is 279 g/mol. The number of rotatable bonds is 4. The molecule has 1 aromatic carbocycles. The second-order valence-corrected chi connectivity index (χ2v) is 3.82. The number of benzene rings is 1. The van der Waals surface area contributed by atoms with Crippen molar-refractivity contribution >= 4 is 11.9 Å². The van der Waals surface area contributed by atoms with Crippen molar-refractivity contribution in [2.24, 2.45) is 0 Å². The minimum Gasteiger partial charge on any atom is -0.481 e. The van der Waals surface area contributed by atoms with Gasteiger partial charge in [0.15, 0.2) is 23.3 Å². The van der Waals surface area contributed by atoms with E-state index in [0.717, 1.165) is 0 Å². The van der Waals surface area contributed by atoms with Crippen LogP contribution < -0.4 is 5.32 Å². The second kappa shape index (κ2) is 5.68. The van der Waals surface area contributed by atoms with Crippen molar-refractivity contribution in [3.63, 3.8) is 0 Å². The number of hydrogen-bond donors (Lipinski definition) is 2. The molecule has 4 nitrogen and oxygen atoms in total. The zero-order chi connectivity index (χ0) is 14.7. The largest absolute Gasteiger partial charge is 0.481 e. The Morgan fingerprint density at radius 3 is 2.32 bits per heavy atom. The van der Waals surface area contributed by atoms with Crippen LogP contribution in [0.15, 0.2) is 6.07 Å². The van der Waals surface area contributed by atoms with Crippen LogP contribution in [-0.2, 0) is 4.79 Å². The van der Waals surface area contributed by atoms with E-state index < -0.39 is 53.2 Å². The molecule has 0 heterocycles. The maximum atomic E-state index is 13.2. The summed E-state index contributed by atoms with van der Waals surface area (Å²) in [5.74, 6) is -10.1. The summed E-state index contributed by atoms with van der Waals surface area (Å²) >= 11 is 0. The highest BCUT2D eigenvalue weighted by Gasteiger charge is 2.24. The third-order valence-corrected chi connectivity index (χ3v) is 2.21. The normalized spacial score (nSPS) is 12.1. The van der Waals surface area contributed by atoms with Crippen LogP contribution in [0.4, 0.5) is 17.6 Å². The molecule has 104 valence electrons. The minimum atomic E-state index is -2.10. The minimum absolute atomic E-state index is 0.205. The fraction of sp³-hybridized carbons (Fsp3) is 0.273. The highest BCUT2D eigenvalue weighted by atomic mass is 19.2. The Kier molecular flexibility index (Phi) is 4.47. The van der Waals surface area contributed by atoms with Gasteiger partial charge in [-0.05, 0) is 13.0 Å². The number of hydrogen-bond acceptors (Lipinski definition) is 2. The van der Waals surface area contributed by atoms with Gasteiger partial charge < -0.3 is 10.4 Å². The number of halogens is 4. The number of carboxylic acid groups (broad SMARTS) is 1. The summed E-state index contributed by atoms with van der Waals surface area (Å²) in [6, 6.07) is -0.683. The molecule has 1 unspecified atom stereocenters. The monoisotopic (exact) mass is 279 g/mol. The highest BCUT2D eigenvalue weighted by molar-refractivity contribution is 5.94. The summed E-state index contributed by atoms with van der Waals surface area (Å²) in [5.41, 5.74) is -1.03. The van der Waals surface area contributed by atoms with Gasteiger partial charge in [-0.2, -0.15) is 0 Å². The molecule has 0 radical (unpaired) electrons. The van der Waals surface area contributed by atoms with Crippen molar-refractivity contribution < 1.29 is 32.3 Å². The summed E-state index contributed by atoms with van der Waals surface area (Å²) in [7, 11) is 0. The lowest BCUT2D eigenvalue weighted by Gasteiger charge is -2.12. The van der Waals surface area contributed by atoms with Gasteiger partial charge >= 0.3 is 5.97 Å². The summed E-state index contributed by atoms with van der Waals surface area (Å²) in [4.78, 5) is 21.8. The van der Waals surface area contributed by atoms with E-state index in [1.54, 1.807) is 0 Å². The van der Waals surface area contributed by atoms with E-state index in [2.05, 4.69) is 0 Å². The Bertz CT molecular complexity index is 533. The quantitative estimate of drug-likeness (QED) is 0.502. The van der Waals surface area contributed by atoms with Crippen LogP contribution in [0, 0.1) is 23.3 Å². The van der Waals surface area contributed by atoms with E-state index in [1.807, 2.05) is 5.32 Å². The summed E-state index contributed by atoms with van der Waals surface area (Å²) in [6.07, 6.45) is -0.459. The van der Waals surface area contributed by atoms with Crippen LogP contribution in [0.5, 0.6) is 0 Å². The van der Waals surface area contributed by atoms with E-state index >= 15 is 0 Å². The van der Waals surface area contributed by atoms with Gasteiger partial charge in [-0.25, -0.2) is 17.6 Å². The molecule has 0 aromatic heterocycles. The lowest BCUT2D eigenvalue weighted by molar-refractivity contribution is -0.137. The first kappa shape index (κ1) is 14.9. The molecule has 0 saturated carbocycles. The van der Waals surface area contributed by atoms with Crippen molar-refractivity contribution in [3.8, 4) is 0 Å². The molecule has 1 atom stereocenters. The molecule has 1 aromatic rings. The lowest BCUT2D eigenvalue weighted by atomic mass is 10.1. The molecule has 0 fully saturated rings. The standard InChI is InChI=1S/C11H9F4NO3/c1-4(2-7(17)18)16-11(19)5-3-6(12)9(14)10(15)8(5)13/h3-4H,2H2,1H3,(H,16,19)(H,17,18). The van der Waals surface area contributed by atoms with Crippen LogP contribution in [0.2, 0.25) is 0 Å². The Labute approximate surface area is 105 Å². The maximum Gasteiger partial charge on any atom is 0.305 e. The molecule has 19 heavy (non-hydrogen) atoms. The number of carboxylic acids is 1.